The standard InChI is InChI=1S/C22H34N6O2S/c1-5-6-7-8-11-23-20(30)17-10-9-12-27(14-17)19(29)13-18-15(2)24-21-25-22(31-4)26-28(21)16(18)3/h17H,5-14H2,1-4H3,(H,23,30). The molecule has 2 aromatic rings. The second-order valence-electron chi connectivity index (χ2n) is 8.28. The number of unbranched alkanes of at least 4 members (excludes halogenated alkanes) is 3. The summed E-state index contributed by atoms with van der Waals surface area (Å²) in [5.41, 5.74) is 2.58. The van der Waals surface area contributed by atoms with Crippen LogP contribution in [-0.2, 0) is 16.0 Å². The summed E-state index contributed by atoms with van der Waals surface area (Å²) in [6.07, 6.45) is 8.44. The lowest BCUT2D eigenvalue weighted by Gasteiger charge is -2.32. The molecule has 8 nitrogen and oxygen atoms in total. The highest BCUT2D eigenvalue weighted by molar-refractivity contribution is 7.98. The van der Waals surface area contributed by atoms with Crippen molar-refractivity contribution in [3.8, 4) is 0 Å². The first-order valence-corrected chi connectivity index (χ1v) is 12.5. The number of thioether (sulfide) groups is 1. The molecule has 1 atom stereocenters. The Morgan fingerprint density at radius 3 is 2.74 bits per heavy atom. The number of hydrogen-bond donors (Lipinski definition) is 1. The number of carbonyl (C=O) groups is 2. The fraction of sp³-hybridized carbons (Fsp3) is 0.682. The van der Waals surface area contributed by atoms with Gasteiger partial charge in [-0.2, -0.15) is 4.98 Å². The molecular formula is C22H34N6O2S. The molecule has 1 saturated heterocycles. The van der Waals surface area contributed by atoms with E-state index < -0.39 is 0 Å². The number of aromatic nitrogens is 4. The topological polar surface area (TPSA) is 92.5 Å². The molecule has 1 aliphatic heterocycles. The minimum absolute atomic E-state index is 0.0398. The van der Waals surface area contributed by atoms with Crippen LogP contribution < -0.4 is 5.32 Å². The summed E-state index contributed by atoms with van der Waals surface area (Å²) < 4.78 is 1.71. The number of rotatable bonds is 9. The van der Waals surface area contributed by atoms with E-state index >= 15 is 0 Å². The summed E-state index contributed by atoms with van der Waals surface area (Å²) in [4.78, 5) is 36.4. The van der Waals surface area contributed by atoms with Crippen molar-refractivity contribution in [1.82, 2.24) is 29.8 Å². The van der Waals surface area contributed by atoms with Crippen LogP contribution in [-0.4, -0.2) is 62.2 Å². The SMILES string of the molecule is CCCCCCNC(=O)C1CCCN(C(=O)Cc2c(C)nc3nc(SC)nn3c2C)C1. The van der Waals surface area contributed by atoms with Gasteiger partial charge in [0.15, 0.2) is 0 Å². The van der Waals surface area contributed by atoms with Crippen molar-refractivity contribution in [3.05, 3.63) is 17.0 Å². The molecule has 3 heterocycles. The van der Waals surface area contributed by atoms with Crippen molar-refractivity contribution in [2.45, 2.75) is 70.9 Å². The average molecular weight is 447 g/mol. The Kier molecular flexibility index (Phi) is 8.28. The molecule has 0 bridgehead atoms. The maximum absolute atomic E-state index is 13.1. The Morgan fingerprint density at radius 1 is 1.19 bits per heavy atom. The lowest BCUT2D eigenvalue weighted by Crippen LogP contribution is -2.46. The Bertz CT molecular complexity index is 928. The van der Waals surface area contributed by atoms with Gasteiger partial charge in [0, 0.05) is 36.6 Å². The first kappa shape index (κ1) is 23.5. The van der Waals surface area contributed by atoms with Crippen molar-refractivity contribution in [3.63, 3.8) is 0 Å². The molecule has 1 unspecified atom stereocenters. The van der Waals surface area contributed by atoms with Gasteiger partial charge in [0.1, 0.15) is 0 Å². The molecule has 1 aliphatic rings. The third-order valence-corrected chi connectivity index (χ3v) is 6.55. The lowest BCUT2D eigenvalue weighted by atomic mass is 9.96. The molecule has 2 amide bonds. The molecule has 0 spiro atoms. The molecule has 9 heteroatoms. The molecule has 3 rings (SSSR count). The van der Waals surface area contributed by atoms with Gasteiger partial charge >= 0.3 is 0 Å². The van der Waals surface area contributed by atoms with E-state index in [9.17, 15) is 9.59 Å². The predicted octanol–water partition coefficient (Wildman–Crippen LogP) is 2.94. The van der Waals surface area contributed by atoms with E-state index in [1.165, 1.54) is 24.6 Å². The van der Waals surface area contributed by atoms with Crippen molar-refractivity contribution < 1.29 is 9.59 Å². The summed E-state index contributed by atoms with van der Waals surface area (Å²) >= 11 is 1.47. The average Bonchev–Trinajstić information content (AvgIpc) is 3.19. The van der Waals surface area contributed by atoms with E-state index in [1.807, 2.05) is 25.0 Å². The van der Waals surface area contributed by atoms with Crippen LogP contribution >= 0.6 is 11.8 Å². The largest absolute Gasteiger partial charge is 0.356 e. The summed E-state index contributed by atoms with van der Waals surface area (Å²) in [5, 5.41) is 8.19. The third-order valence-electron chi connectivity index (χ3n) is 6.01. The predicted molar refractivity (Wildman–Crippen MR) is 122 cm³/mol. The number of likely N-dealkylation sites (tertiary alicyclic amines) is 1. The minimum Gasteiger partial charge on any atom is -0.356 e. The van der Waals surface area contributed by atoms with Crippen molar-refractivity contribution >= 4 is 29.4 Å². The number of amides is 2. The van der Waals surface area contributed by atoms with Crippen LogP contribution in [0, 0.1) is 19.8 Å². The fourth-order valence-electron chi connectivity index (χ4n) is 4.12. The van der Waals surface area contributed by atoms with E-state index in [2.05, 4.69) is 27.3 Å². The minimum atomic E-state index is -0.119. The Labute approximate surface area is 188 Å². The summed E-state index contributed by atoms with van der Waals surface area (Å²) in [6.45, 7) is 7.96. The molecule has 1 N–H and O–H groups in total. The molecule has 31 heavy (non-hydrogen) atoms. The Morgan fingerprint density at radius 2 is 2.00 bits per heavy atom. The van der Waals surface area contributed by atoms with Gasteiger partial charge < -0.3 is 10.2 Å². The first-order chi connectivity index (χ1) is 14.9. The van der Waals surface area contributed by atoms with Crippen molar-refractivity contribution in [2.75, 3.05) is 25.9 Å². The number of nitrogens with one attached hydrogen (secondary N) is 1. The van der Waals surface area contributed by atoms with Gasteiger partial charge in [-0.05, 0) is 39.4 Å². The normalized spacial score (nSPS) is 16.6. The second-order valence-corrected chi connectivity index (χ2v) is 9.05. The van der Waals surface area contributed by atoms with E-state index in [-0.39, 0.29) is 24.2 Å². The van der Waals surface area contributed by atoms with Gasteiger partial charge in [-0.25, -0.2) is 9.50 Å². The van der Waals surface area contributed by atoms with Gasteiger partial charge in [0.05, 0.1) is 12.3 Å². The number of hydrogen-bond acceptors (Lipinski definition) is 6. The van der Waals surface area contributed by atoms with Crippen LogP contribution in [0.25, 0.3) is 5.78 Å². The number of fused-ring (bicyclic) bond motifs is 1. The number of aryl methyl sites for hydroxylation is 2. The highest BCUT2D eigenvalue weighted by Crippen LogP contribution is 2.21. The van der Waals surface area contributed by atoms with E-state index in [0.717, 1.165) is 49.2 Å². The van der Waals surface area contributed by atoms with Gasteiger partial charge in [-0.15, -0.1) is 5.10 Å². The van der Waals surface area contributed by atoms with E-state index in [4.69, 9.17) is 0 Å². The zero-order valence-electron chi connectivity index (χ0n) is 19.1. The number of carbonyl (C=O) groups excluding carboxylic acids is 2. The van der Waals surface area contributed by atoms with E-state index in [1.54, 1.807) is 4.52 Å². The zero-order chi connectivity index (χ0) is 22.4. The van der Waals surface area contributed by atoms with Crippen LogP contribution in [0.3, 0.4) is 0 Å². The third kappa shape index (κ3) is 5.75. The second kappa shape index (κ2) is 10.9. The van der Waals surface area contributed by atoms with Crippen molar-refractivity contribution in [1.29, 1.82) is 0 Å². The van der Waals surface area contributed by atoms with Crippen LogP contribution in [0.4, 0.5) is 0 Å². The van der Waals surface area contributed by atoms with Crippen molar-refractivity contribution in [2.24, 2.45) is 5.92 Å². The summed E-state index contributed by atoms with van der Waals surface area (Å²) in [6, 6.07) is 0. The molecule has 0 saturated carbocycles. The summed E-state index contributed by atoms with van der Waals surface area (Å²) in [5.74, 6) is 0.560. The van der Waals surface area contributed by atoms with E-state index in [0.29, 0.717) is 24.0 Å². The summed E-state index contributed by atoms with van der Waals surface area (Å²) in [7, 11) is 0. The van der Waals surface area contributed by atoms with Gasteiger partial charge in [-0.1, -0.05) is 37.9 Å². The maximum atomic E-state index is 13.1. The van der Waals surface area contributed by atoms with Crippen LogP contribution in [0.15, 0.2) is 5.16 Å². The molecule has 0 aliphatic carbocycles. The molecule has 0 radical (unpaired) electrons. The molecule has 1 fully saturated rings. The Hall–Kier alpha value is -2.16. The van der Waals surface area contributed by atoms with Gasteiger partial charge in [0.25, 0.3) is 5.78 Å². The zero-order valence-corrected chi connectivity index (χ0v) is 19.9. The highest BCUT2D eigenvalue weighted by Gasteiger charge is 2.29. The molecule has 2 aromatic heterocycles. The number of piperidine rings is 1. The van der Waals surface area contributed by atoms with Crippen LogP contribution in [0.5, 0.6) is 0 Å². The maximum Gasteiger partial charge on any atom is 0.253 e. The smallest absolute Gasteiger partial charge is 0.253 e. The van der Waals surface area contributed by atoms with Crippen LogP contribution in [0.2, 0.25) is 0 Å². The Balaban J connectivity index is 1.62. The number of nitrogens with zero attached hydrogens (tertiary/aromatic N) is 5. The first-order valence-electron chi connectivity index (χ1n) is 11.3. The van der Waals surface area contributed by atoms with Gasteiger partial charge in [-0.3, -0.25) is 9.59 Å². The molecule has 0 aromatic carbocycles. The van der Waals surface area contributed by atoms with Gasteiger partial charge in [0.2, 0.25) is 17.0 Å². The molecular weight excluding hydrogens is 412 g/mol. The lowest BCUT2D eigenvalue weighted by molar-refractivity contribution is -0.135. The van der Waals surface area contributed by atoms with Crippen LogP contribution in [0.1, 0.15) is 62.4 Å². The fourth-order valence-corrected chi connectivity index (χ4v) is 4.46. The highest BCUT2D eigenvalue weighted by atomic mass is 32.2. The monoisotopic (exact) mass is 446 g/mol. The quantitative estimate of drug-likeness (QED) is 0.470. The molecule has 170 valence electrons.